The smallest absolute Gasteiger partial charge is 0.238 e. The minimum Gasteiger partial charge on any atom is -0.307 e. The second kappa shape index (κ2) is 6.46. The molecular weight excluding hydrogens is 284 g/mol. The fourth-order valence-electron chi connectivity index (χ4n) is 3.48. The summed E-state index contributed by atoms with van der Waals surface area (Å²) in [5.41, 5.74) is 1.09. The highest BCUT2D eigenvalue weighted by Gasteiger charge is 2.25. The maximum atomic E-state index is 11.3. The maximum Gasteiger partial charge on any atom is 0.238 e. The molecule has 1 saturated carbocycles. The molecule has 0 amide bonds. The fraction of sp³-hybridized carbons (Fsp3) is 0.625. The van der Waals surface area contributed by atoms with Gasteiger partial charge in [0.25, 0.3) is 0 Å². The largest absolute Gasteiger partial charge is 0.307 e. The highest BCUT2D eigenvalue weighted by molar-refractivity contribution is 7.89. The first-order valence-corrected chi connectivity index (χ1v) is 9.19. The average Bonchev–Trinajstić information content (AvgIpc) is 2.36. The predicted octanol–water partition coefficient (Wildman–Crippen LogP) is 2.81. The summed E-state index contributed by atoms with van der Waals surface area (Å²) in [6.07, 6.45) is 3.74. The molecule has 1 aromatic rings. The molecule has 4 nitrogen and oxygen atoms in total. The zero-order chi connectivity index (χ0) is 15.6. The molecule has 2 rings (SSSR count). The van der Waals surface area contributed by atoms with Gasteiger partial charge >= 0.3 is 0 Å². The third-order valence-electron chi connectivity index (χ3n) is 4.37. The number of rotatable bonds is 4. The molecule has 0 aromatic heterocycles. The Morgan fingerprint density at radius 2 is 1.62 bits per heavy atom. The van der Waals surface area contributed by atoms with Crippen LogP contribution in [-0.2, 0) is 10.0 Å². The predicted molar refractivity (Wildman–Crippen MR) is 85.3 cm³/mol. The van der Waals surface area contributed by atoms with Crippen LogP contribution in [0.5, 0.6) is 0 Å². The molecule has 0 saturated heterocycles. The van der Waals surface area contributed by atoms with Gasteiger partial charge in [-0.1, -0.05) is 26.0 Å². The molecule has 0 spiro atoms. The van der Waals surface area contributed by atoms with Crippen LogP contribution in [0.4, 0.5) is 0 Å². The van der Waals surface area contributed by atoms with Crippen molar-refractivity contribution in [1.29, 1.82) is 0 Å². The van der Waals surface area contributed by atoms with Crippen LogP contribution in [0.1, 0.15) is 51.6 Å². The lowest BCUT2D eigenvalue weighted by Crippen LogP contribution is -2.37. The molecule has 0 bridgehead atoms. The van der Waals surface area contributed by atoms with E-state index in [4.69, 9.17) is 5.14 Å². The zero-order valence-electron chi connectivity index (χ0n) is 13.0. The van der Waals surface area contributed by atoms with Gasteiger partial charge in [-0.3, -0.25) is 0 Å². The van der Waals surface area contributed by atoms with E-state index in [0.717, 1.165) is 17.4 Å². The fourth-order valence-corrected chi connectivity index (χ4v) is 3.99. The van der Waals surface area contributed by atoms with Crippen molar-refractivity contribution in [2.75, 3.05) is 0 Å². The van der Waals surface area contributed by atoms with Crippen LogP contribution in [0.25, 0.3) is 0 Å². The summed E-state index contributed by atoms with van der Waals surface area (Å²) in [6, 6.07) is 7.59. The average molecular weight is 310 g/mol. The minimum atomic E-state index is -3.61. The maximum absolute atomic E-state index is 11.3. The van der Waals surface area contributed by atoms with E-state index in [1.165, 1.54) is 19.3 Å². The van der Waals surface area contributed by atoms with E-state index < -0.39 is 10.0 Å². The van der Waals surface area contributed by atoms with Gasteiger partial charge in [0.1, 0.15) is 0 Å². The number of primary sulfonamides is 1. The second-order valence-corrected chi connectivity index (χ2v) is 8.18. The van der Waals surface area contributed by atoms with E-state index in [9.17, 15) is 8.42 Å². The zero-order valence-corrected chi connectivity index (χ0v) is 13.9. The molecule has 1 aliphatic carbocycles. The van der Waals surface area contributed by atoms with Crippen molar-refractivity contribution in [3.63, 3.8) is 0 Å². The monoisotopic (exact) mass is 310 g/mol. The van der Waals surface area contributed by atoms with Crippen molar-refractivity contribution < 1.29 is 8.42 Å². The van der Waals surface area contributed by atoms with E-state index in [1.54, 1.807) is 12.1 Å². The Bertz CT molecular complexity index is 558. The summed E-state index contributed by atoms with van der Waals surface area (Å²) in [4.78, 5) is 0.165. The van der Waals surface area contributed by atoms with Crippen molar-refractivity contribution in [2.45, 2.75) is 57.0 Å². The van der Waals surface area contributed by atoms with Gasteiger partial charge in [-0.25, -0.2) is 13.6 Å². The lowest BCUT2D eigenvalue weighted by Gasteiger charge is -2.34. The lowest BCUT2D eigenvalue weighted by atomic mass is 9.80. The van der Waals surface area contributed by atoms with E-state index in [-0.39, 0.29) is 10.9 Å². The first kappa shape index (κ1) is 16.5. The third-order valence-corrected chi connectivity index (χ3v) is 5.30. The van der Waals surface area contributed by atoms with Crippen LogP contribution in [0.2, 0.25) is 0 Å². The number of hydrogen-bond acceptors (Lipinski definition) is 3. The van der Waals surface area contributed by atoms with Gasteiger partial charge < -0.3 is 5.32 Å². The molecule has 1 fully saturated rings. The van der Waals surface area contributed by atoms with Gasteiger partial charge in [0.2, 0.25) is 10.0 Å². The molecule has 0 aliphatic heterocycles. The summed E-state index contributed by atoms with van der Waals surface area (Å²) in [5.74, 6) is 1.53. The van der Waals surface area contributed by atoms with Crippen LogP contribution in [-0.4, -0.2) is 14.5 Å². The first-order chi connectivity index (χ1) is 9.75. The van der Waals surface area contributed by atoms with Gasteiger partial charge in [-0.2, -0.15) is 0 Å². The Hall–Kier alpha value is -0.910. The van der Waals surface area contributed by atoms with Gasteiger partial charge in [-0.15, -0.1) is 0 Å². The molecule has 1 aliphatic rings. The summed E-state index contributed by atoms with van der Waals surface area (Å²) in [5, 5.41) is 8.79. The molecule has 118 valence electrons. The SMILES string of the molecule is CC1CC(C)CC(NC(C)c2ccc(S(N)(=O)=O)cc2)C1. The van der Waals surface area contributed by atoms with E-state index >= 15 is 0 Å². The molecule has 21 heavy (non-hydrogen) atoms. The number of nitrogens with one attached hydrogen (secondary N) is 1. The molecule has 5 heteroatoms. The summed E-state index contributed by atoms with van der Waals surface area (Å²) in [6.45, 7) is 6.75. The van der Waals surface area contributed by atoms with E-state index in [0.29, 0.717) is 6.04 Å². The van der Waals surface area contributed by atoms with Crippen LogP contribution in [0.15, 0.2) is 29.2 Å². The van der Waals surface area contributed by atoms with Crippen LogP contribution < -0.4 is 10.5 Å². The van der Waals surface area contributed by atoms with Crippen molar-refractivity contribution in [1.82, 2.24) is 5.32 Å². The van der Waals surface area contributed by atoms with Gasteiger partial charge in [0.05, 0.1) is 4.90 Å². The van der Waals surface area contributed by atoms with E-state index in [2.05, 4.69) is 26.1 Å². The number of benzene rings is 1. The van der Waals surface area contributed by atoms with Gasteiger partial charge in [-0.05, 0) is 55.7 Å². The van der Waals surface area contributed by atoms with Crippen molar-refractivity contribution in [2.24, 2.45) is 17.0 Å². The Kier molecular flexibility index (Phi) is 5.07. The molecule has 3 N–H and O–H groups in total. The van der Waals surface area contributed by atoms with Crippen molar-refractivity contribution >= 4 is 10.0 Å². The van der Waals surface area contributed by atoms with Crippen molar-refractivity contribution in [3.05, 3.63) is 29.8 Å². The van der Waals surface area contributed by atoms with E-state index in [1.807, 2.05) is 12.1 Å². The third kappa shape index (κ3) is 4.53. The van der Waals surface area contributed by atoms with Crippen LogP contribution in [0.3, 0.4) is 0 Å². The Morgan fingerprint density at radius 1 is 1.10 bits per heavy atom. The molecular formula is C16H26N2O2S. The molecule has 1 aromatic carbocycles. The lowest BCUT2D eigenvalue weighted by molar-refractivity contribution is 0.228. The highest BCUT2D eigenvalue weighted by atomic mass is 32.2. The molecule has 0 radical (unpaired) electrons. The van der Waals surface area contributed by atoms with Gasteiger partial charge in [0, 0.05) is 12.1 Å². The highest BCUT2D eigenvalue weighted by Crippen LogP contribution is 2.30. The Labute approximate surface area is 128 Å². The summed E-state index contributed by atoms with van der Waals surface area (Å²) >= 11 is 0. The van der Waals surface area contributed by atoms with Gasteiger partial charge in [0.15, 0.2) is 0 Å². The van der Waals surface area contributed by atoms with Crippen LogP contribution in [0, 0.1) is 11.8 Å². The Balaban J connectivity index is 2.01. The molecule has 3 unspecified atom stereocenters. The Morgan fingerprint density at radius 3 is 2.10 bits per heavy atom. The second-order valence-electron chi connectivity index (χ2n) is 6.62. The standard InChI is InChI=1S/C16H26N2O2S/c1-11-8-12(2)10-15(9-11)18-13(3)14-4-6-16(7-5-14)21(17,19)20/h4-7,11-13,15,18H,8-10H2,1-3H3,(H2,17,19,20). The van der Waals surface area contributed by atoms with Crippen molar-refractivity contribution in [3.8, 4) is 0 Å². The summed E-state index contributed by atoms with van der Waals surface area (Å²) in [7, 11) is -3.61. The minimum absolute atomic E-state index is 0.165. The topological polar surface area (TPSA) is 72.2 Å². The normalized spacial score (nSPS) is 28.3. The number of hydrogen-bond donors (Lipinski definition) is 2. The molecule has 3 atom stereocenters. The summed E-state index contributed by atoms with van der Waals surface area (Å²) < 4.78 is 22.5. The van der Waals surface area contributed by atoms with Crippen LogP contribution >= 0.6 is 0 Å². The molecule has 0 heterocycles. The number of nitrogens with two attached hydrogens (primary N) is 1. The quantitative estimate of drug-likeness (QED) is 0.898. The first-order valence-electron chi connectivity index (χ1n) is 7.64. The number of sulfonamides is 1.